The monoisotopic (exact) mass is 211 g/mol. The zero-order valence-electron chi connectivity index (χ0n) is 8.91. The van der Waals surface area contributed by atoms with Crippen LogP contribution in [-0.2, 0) is 14.3 Å². The number of rotatable bonds is 1. The van der Waals surface area contributed by atoms with Gasteiger partial charge in [0.05, 0.1) is 19.8 Å². The zero-order valence-corrected chi connectivity index (χ0v) is 8.91. The SMILES string of the molecule is C=CC(=O)N1CCOC2(CCCOC2)C1. The molecule has 4 heteroatoms. The molecule has 2 aliphatic heterocycles. The normalized spacial score (nSPS) is 31.6. The largest absolute Gasteiger partial charge is 0.378 e. The van der Waals surface area contributed by atoms with E-state index in [9.17, 15) is 4.79 Å². The molecule has 15 heavy (non-hydrogen) atoms. The van der Waals surface area contributed by atoms with E-state index in [4.69, 9.17) is 9.47 Å². The Morgan fingerprint density at radius 1 is 1.47 bits per heavy atom. The van der Waals surface area contributed by atoms with Gasteiger partial charge in [0.1, 0.15) is 5.60 Å². The van der Waals surface area contributed by atoms with Crippen LogP contribution in [0.4, 0.5) is 0 Å². The van der Waals surface area contributed by atoms with Gasteiger partial charge in [0.2, 0.25) is 5.91 Å². The van der Waals surface area contributed by atoms with Gasteiger partial charge in [-0.25, -0.2) is 0 Å². The molecule has 2 rings (SSSR count). The van der Waals surface area contributed by atoms with Gasteiger partial charge >= 0.3 is 0 Å². The quantitative estimate of drug-likeness (QED) is 0.595. The first-order valence-corrected chi connectivity index (χ1v) is 5.39. The molecule has 1 spiro atoms. The van der Waals surface area contributed by atoms with Crippen LogP contribution < -0.4 is 0 Å². The van der Waals surface area contributed by atoms with Crippen LogP contribution in [0.1, 0.15) is 12.8 Å². The van der Waals surface area contributed by atoms with Crippen molar-refractivity contribution in [2.45, 2.75) is 18.4 Å². The molecule has 84 valence electrons. The first-order chi connectivity index (χ1) is 7.26. The Hall–Kier alpha value is -0.870. The molecule has 0 aromatic heterocycles. The number of ether oxygens (including phenoxy) is 2. The molecule has 2 fully saturated rings. The van der Waals surface area contributed by atoms with E-state index in [0.29, 0.717) is 26.3 Å². The molecule has 0 aliphatic carbocycles. The molecular formula is C11H17NO3. The number of morpholine rings is 1. The molecular weight excluding hydrogens is 194 g/mol. The van der Waals surface area contributed by atoms with Crippen LogP contribution in [0.3, 0.4) is 0 Å². The number of carbonyl (C=O) groups is 1. The molecule has 2 aliphatic rings. The van der Waals surface area contributed by atoms with Gasteiger partial charge in [-0.1, -0.05) is 6.58 Å². The summed E-state index contributed by atoms with van der Waals surface area (Å²) in [5.41, 5.74) is -0.255. The fourth-order valence-corrected chi connectivity index (χ4v) is 2.23. The van der Waals surface area contributed by atoms with Gasteiger partial charge in [-0.15, -0.1) is 0 Å². The van der Waals surface area contributed by atoms with Crippen molar-refractivity contribution in [2.24, 2.45) is 0 Å². The first-order valence-electron chi connectivity index (χ1n) is 5.39. The lowest BCUT2D eigenvalue weighted by molar-refractivity contribution is -0.174. The molecule has 1 unspecified atom stereocenters. The highest BCUT2D eigenvalue weighted by atomic mass is 16.5. The van der Waals surface area contributed by atoms with Gasteiger partial charge in [0, 0.05) is 13.2 Å². The molecule has 0 radical (unpaired) electrons. The standard InChI is InChI=1S/C11H17NO3/c1-2-10(13)12-5-7-15-11(8-12)4-3-6-14-9-11/h2H,1,3-9H2. The fourth-order valence-electron chi connectivity index (χ4n) is 2.23. The molecule has 2 heterocycles. The van der Waals surface area contributed by atoms with Gasteiger partial charge in [0.15, 0.2) is 0 Å². The van der Waals surface area contributed by atoms with Crippen molar-refractivity contribution < 1.29 is 14.3 Å². The lowest BCUT2D eigenvalue weighted by Crippen LogP contribution is -2.57. The summed E-state index contributed by atoms with van der Waals surface area (Å²) in [6, 6.07) is 0. The predicted octanol–water partition coefficient (Wildman–Crippen LogP) is 0.580. The summed E-state index contributed by atoms with van der Waals surface area (Å²) >= 11 is 0. The van der Waals surface area contributed by atoms with Crippen LogP contribution in [0.2, 0.25) is 0 Å². The lowest BCUT2D eigenvalue weighted by atomic mass is 9.94. The number of amides is 1. The summed E-state index contributed by atoms with van der Waals surface area (Å²) in [5, 5.41) is 0. The van der Waals surface area contributed by atoms with Crippen LogP contribution in [-0.4, -0.2) is 49.3 Å². The Kier molecular flexibility index (Phi) is 3.07. The topological polar surface area (TPSA) is 38.8 Å². The van der Waals surface area contributed by atoms with E-state index in [2.05, 4.69) is 6.58 Å². The average molecular weight is 211 g/mol. The van der Waals surface area contributed by atoms with E-state index in [1.54, 1.807) is 4.90 Å². The maximum Gasteiger partial charge on any atom is 0.246 e. The molecule has 0 bridgehead atoms. The number of hydrogen-bond donors (Lipinski definition) is 0. The van der Waals surface area contributed by atoms with E-state index in [1.165, 1.54) is 6.08 Å². The minimum absolute atomic E-state index is 0.0109. The van der Waals surface area contributed by atoms with Crippen molar-refractivity contribution in [1.82, 2.24) is 4.90 Å². The molecule has 1 amide bonds. The maximum atomic E-state index is 11.5. The van der Waals surface area contributed by atoms with Crippen molar-refractivity contribution in [1.29, 1.82) is 0 Å². The van der Waals surface area contributed by atoms with Gasteiger partial charge < -0.3 is 14.4 Å². The van der Waals surface area contributed by atoms with Crippen LogP contribution >= 0.6 is 0 Å². The highest BCUT2D eigenvalue weighted by Crippen LogP contribution is 2.27. The summed E-state index contributed by atoms with van der Waals surface area (Å²) in [5.74, 6) is -0.0109. The van der Waals surface area contributed by atoms with Crippen LogP contribution in [0.15, 0.2) is 12.7 Å². The van der Waals surface area contributed by atoms with Gasteiger partial charge in [-0.05, 0) is 18.9 Å². The van der Waals surface area contributed by atoms with Crippen molar-refractivity contribution in [2.75, 3.05) is 32.9 Å². The van der Waals surface area contributed by atoms with Crippen LogP contribution in [0, 0.1) is 0 Å². The second kappa shape index (κ2) is 4.33. The highest BCUT2D eigenvalue weighted by Gasteiger charge is 2.39. The molecule has 4 nitrogen and oxygen atoms in total. The lowest BCUT2D eigenvalue weighted by Gasteiger charge is -2.44. The number of carbonyl (C=O) groups excluding carboxylic acids is 1. The second-order valence-electron chi connectivity index (χ2n) is 4.15. The summed E-state index contributed by atoms with van der Waals surface area (Å²) in [6.45, 7) is 6.81. The van der Waals surface area contributed by atoms with Gasteiger partial charge in [-0.3, -0.25) is 4.79 Å². The van der Waals surface area contributed by atoms with E-state index >= 15 is 0 Å². The molecule has 0 aromatic carbocycles. The molecule has 0 saturated carbocycles. The third kappa shape index (κ3) is 2.21. The average Bonchev–Trinajstić information content (AvgIpc) is 2.29. The van der Waals surface area contributed by atoms with E-state index in [0.717, 1.165) is 19.4 Å². The van der Waals surface area contributed by atoms with Gasteiger partial charge in [0.25, 0.3) is 0 Å². The van der Waals surface area contributed by atoms with Crippen molar-refractivity contribution in [3.05, 3.63) is 12.7 Å². The number of nitrogens with zero attached hydrogens (tertiary/aromatic N) is 1. The Bertz CT molecular complexity index is 253. The Balaban J connectivity index is 2.02. The summed E-state index contributed by atoms with van der Waals surface area (Å²) < 4.78 is 11.2. The molecule has 0 N–H and O–H groups in total. The molecule has 0 aromatic rings. The minimum atomic E-state index is -0.255. The van der Waals surface area contributed by atoms with E-state index < -0.39 is 0 Å². The third-order valence-electron chi connectivity index (χ3n) is 3.02. The van der Waals surface area contributed by atoms with E-state index in [-0.39, 0.29) is 11.5 Å². The van der Waals surface area contributed by atoms with Crippen molar-refractivity contribution >= 4 is 5.91 Å². The van der Waals surface area contributed by atoms with Crippen LogP contribution in [0.5, 0.6) is 0 Å². The van der Waals surface area contributed by atoms with Crippen LogP contribution in [0.25, 0.3) is 0 Å². The summed E-state index contributed by atoms with van der Waals surface area (Å²) in [6.07, 6.45) is 3.35. The second-order valence-corrected chi connectivity index (χ2v) is 4.15. The molecule has 2 saturated heterocycles. The summed E-state index contributed by atoms with van der Waals surface area (Å²) in [4.78, 5) is 13.3. The highest BCUT2D eigenvalue weighted by molar-refractivity contribution is 5.87. The summed E-state index contributed by atoms with van der Waals surface area (Å²) in [7, 11) is 0. The van der Waals surface area contributed by atoms with Gasteiger partial charge in [-0.2, -0.15) is 0 Å². The zero-order chi connectivity index (χ0) is 10.7. The Labute approximate surface area is 89.8 Å². The Morgan fingerprint density at radius 2 is 2.33 bits per heavy atom. The number of hydrogen-bond acceptors (Lipinski definition) is 3. The first kappa shape index (κ1) is 10.6. The fraction of sp³-hybridized carbons (Fsp3) is 0.727. The smallest absolute Gasteiger partial charge is 0.246 e. The Morgan fingerprint density at radius 3 is 3.00 bits per heavy atom. The minimum Gasteiger partial charge on any atom is -0.378 e. The van der Waals surface area contributed by atoms with Crippen molar-refractivity contribution in [3.63, 3.8) is 0 Å². The molecule has 1 atom stereocenters. The third-order valence-corrected chi connectivity index (χ3v) is 3.02. The predicted molar refractivity (Wildman–Crippen MR) is 55.5 cm³/mol. The van der Waals surface area contributed by atoms with Crippen molar-refractivity contribution in [3.8, 4) is 0 Å². The maximum absolute atomic E-state index is 11.5. The van der Waals surface area contributed by atoms with E-state index in [1.807, 2.05) is 0 Å².